The Morgan fingerprint density at radius 1 is 1.39 bits per heavy atom. The number of hydrogen-bond donors (Lipinski definition) is 2. The maximum atomic E-state index is 10.6. The van der Waals surface area contributed by atoms with Gasteiger partial charge in [-0.15, -0.1) is 0 Å². The van der Waals surface area contributed by atoms with Crippen LogP contribution in [0.1, 0.15) is 42.6 Å². The molecule has 0 saturated carbocycles. The minimum absolute atomic E-state index is 0.0792. The van der Waals surface area contributed by atoms with E-state index in [-0.39, 0.29) is 5.69 Å². The molecule has 0 atom stereocenters. The number of carbonyl (C=O) groups is 1. The highest BCUT2D eigenvalue weighted by atomic mass is 16.4. The molecule has 0 fully saturated rings. The number of nitrogens with one attached hydrogen (secondary N) is 1. The Morgan fingerprint density at radius 3 is 2.89 bits per heavy atom. The first kappa shape index (κ1) is 12.6. The van der Waals surface area contributed by atoms with E-state index >= 15 is 0 Å². The van der Waals surface area contributed by atoms with E-state index in [2.05, 4.69) is 16.4 Å². The molecule has 0 unspecified atom stereocenters. The maximum absolute atomic E-state index is 10.6. The summed E-state index contributed by atoms with van der Waals surface area (Å²) in [7, 11) is 0. The third kappa shape index (κ3) is 3.58. The minimum Gasteiger partial charge on any atom is -0.477 e. The van der Waals surface area contributed by atoms with Crippen LogP contribution in [0.15, 0.2) is 30.0 Å². The van der Waals surface area contributed by atoms with Crippen LogP contribution < -0.4 is 5.32 Å². The Balaban J connectivity index is 1.79. The zero-order chi connectivity index (χ0) is 12.8. The van der Waals surface area contributed by atoms with Gasteiger partial charge >= 0.3 is 5.97 Å². The molecule has 1 aromatic heterocycles. The molecule has 1 heterocycles. The summed E-state index contributed by atoms with van der Waals surface area (Å²) in [5, 5.41) is 12.0. The number of anilines is 1. The van der Waals surface area contributed by atoms with Crippen molar-refractivity contribution in [1.29, 1.82) is 0 Å². The lowest BCUT2D eigenvalue weighted by atomic mass is 9.97. The summed E-state index contributed by atoms with van der Waals surface area (Å²) >= 11 is 0. The first-order valence-electron chi connectivity index (χ1n) is 6.37. The lowest BCUT2D eigenvalue weighted by Crippen LogP contribution is -2.06. The maximum Gasteiger partial charge on any atom is 0.354 e. The van der Waals surface area contributed by atoms with Crippen molar-refractivity contribution in [3.05, 3.63) is 35.7 Å². The van der Waals surface area contributed by atoms with Crippen molar-refractivity contribution in [3.8, 4) is 0 Å². The molecule has 0 bridgehead atoms. The molecule has 0 spiro atoms. The van der Waals surface area contributed by atoms with E-state index in [1.807, 2.05) is 0 Å². The van der Waals surface area contributed by atoms with Gasteiger partial charge in [0.1, 0.15) is 5.69 Å². The molecule has 0 saturated heterocycles. The molecule has 1 aliphatic rings. The molecule has 18 heavy (non-hydrogen) atoms. The van der Waals surface area contributed by atoms with E-state index in [1.54, 1.807) is 12.3 Å². The summed E-state index contributed by atoms with van der Waals surface area (Å²) in [5.41, 5.74) is 2.48. The van der Waals surface area contributed by atoms with Crippen LogP contribution in [-0.2, 0) is 0 Å². The van der Waals surface area contributed by atoms with E-state index in [0.717, 1.165) is 18.7 Å². The summed E-state index contributed by atoms with van der Waals surface area (Å²) in [4.78, 5) is 14.5. The van der Waals surface area contributed by atoms with Gasteiger partial charge in [0.2, 0.25) is 0 Å². The van der Waals surface area contributed by atoms with Crippen LogP contribution >= 0.6 is 0 Å². The number of carboxylic acid groups (broad SMARTS) is 1. The van der Waals surface area contributed by atoms with E-state index in [9.17, 15) is 4.79 Å². The molecular weight excluding hydrogens is 228 g/mol. The molecule has 0 amide bonds. The Labute approximate surface area is 107 Å². The molecule has 2 N–H and O–H groups in total. The standard InChI is InChI=1S/C14H18N2O2/c17-14(18)13-7-6-12(10-16-13)15-9-8-11-4-2-1-3-5-11/h4,6-7,10,15H,1-3,5,8-9H2,(H,17,18). The van der Waals surface area contributed by atoms with E-state index in [1.165, 1.54) is 37.3 Å². The van der Waals surface area contributed by atoms with Crippen molar-refractivity contribution < 1.29 is 9.90 Å². The summed E-state index contributed by atoms with van der Waals surface area (Å²) in [6.45, 7) is 0.875. The Morgan fingerprint density at radius 2 is 2.28 bits per heavy atom. The topological polar surface area (TPSA) is 62.2 Å². The minimum atomic E-state index is -0.992. The smallest absolute Gasteiger partial charge is 0.354 e. The lowest BCUT2D eigenvalue weighted by Gasteiger charge is -2.13. The predicted molar refractivity (Wildman–Crippen MR) is 70.9 cm³/mol. The zero-order valence-corrected chi connectivity index (χ0v) is 10.4. The number of nitrogens with zero attached hydrogens (tertiary/aromatic N) is 1. The second kappa shape index (κ2) is 6.19. The number of pyridine rings is 1. The molecule has 2 rings (SSSR count). The van der Waals surface area contributed by atoms with Gasteiger partial charge in [-0.3, -0.25) is 0 Å². The number of aromatic carboxylic acids is 1. The number of allylic oxidation sites excluding steroid dienone is 1. The Bertz CT molecular complexity index is 438. The van der Waals surface area contributed by atoms with Crippen molar-refractivity contribution in [1.82, 2.24) is 4.98 Å². The summed E-state index contributed by atoms with van der Waals surface area (Å²) in [5.74, 6) is -0.992. The van der Waals surface area contributed by atoms with Crippen LogP contribution in [-0.4, -0.2) is 22.6 Å². The highest BCUT2D eigenvalue weighted by Gasteiger charge is 2.05. The summed E-state index contributed by atoms with van der Waals surface area (Å²) in [6.07, 6.45) is 10.0. The number of aromatic nitrogens is 1. The molecule has 4 nitrogen and oxygen atoms in total. The normalized spacial score (nSPS) is 15.0. The van der Waals surface area contributed by atoms with Gasteiger partial charge in [-0.05, 0) is 44.2 Å². The van der Waals surface area contributed by atoms with Gasteiger partial charge in [0.05, 0.1) is 11.9 Å². The van der Waals surface area contributed by atoms with Crippen LogP contribution in [0.2, 0.25) is 0 Å². The number of carboxylic acids is 1. The molecule has 1 aliphatic carbocycles. The lowest BCUT2D eigenvalue weighted by molar-refractivity contribution is 0.0690. The van der Waals surface area contributed by atoms with Gasteiger partial charge in [-0.1, -0.05) is 11.6 Å². The van der Waals surface area contributed by atoms with E-state index in [4.69, 9.17) is 5.11 Å². The fraction of sp³-hybridized carbons (Fsp3) is 0.429. The fourth-order valence-corrected chi connectivity index (χ4v) is 2.12. The van der Waals surface area contributed by atoms with Gasteiger partial charge in [0.25, 0.3) is 0 Å². The van der Waals surface area contributed by atoms with Gasteiger partial charge in [0.15, 0.2) is 0 Å². The highest BCUT2D eigenvalue weighted by Crippen LogP contribution is 2.20. The first-order valence-corrected chi connectivity index (χ1v) is 6.37. The predicted octanol–water partition coefficient (Wildman–Crippen LogP) is 3.08. The zero-order valence-electron chi connectivity index (χ0n) is 10.4. The average molecular weight is 246 g/mol. The molecule has 0 aromatic carbocycles. The Kier molecular flexibility index (Phi) is 4.34. The van der Waals surface area contributed by atoms with Crippen LogP contribution in [0.25, 0.3) is 0 Å². The fourth-order valence-electron chi connectivity index (χ4n) is 2.12. The molecule has 1 aromatic rings. The summed E-state index contributed by atoms with van der Waals surface area (Å²) in [6, 6.07) is 3.27. The number of rotatable bonds is 5. The van der Waals surface area contributed by atoms with Crippen molar-refractivity contribution >= 4 is 11.7 Å². The molecule has 0 aliphatic heterocycles. The first-order chi connectivity index (χ1) is 8.75. The average Bonchev–Trinajstić information content (AvgIpc) is 2.40. The Hall–Kier alpha value is -1.84. The molecular formula is C14H18N2O2. The highest BCUT2D eigenvalue weighted by molar-refractivity contribution is 5.85. The van der Waals surface area contributed by atoms with Gasteiger partial charge < -0.3 is 10.4 Å². The molecule has 96 valence electrons. The van der Waals surface area contributed by atoms with Crippen molar-refractivity contribution in [2.24, 2.45) is 0 Å². The summed E-state index contributed by atoms with van der Waals surface area (Å²) < 4.78 is 0. The van der Waals surface area contributed by atoms with Crippen LogP contribution in [0, 0.1) is 0 Å². The second-order valence-corrected chi connectivity index (χ2v) is 4.52. The monoisotopic (exact) mass is 246 g/mol. The van der Waals surface area contributed by atoms with Crippen LogP contribution in [0.4, 0.5) is 5.69 Å². The van der Waals surface area contributed by atoms with E-state index < -0.39 is 5.97 Å². The quantitative estimate of drug-likeness (QED) is 0.784. The number of hydrogen-bond acceptors (Lipinski definition) is 3. The third-order valence-corrected chi connectivity index (χ3v) is 3.14. The van der Waals surface area contributed by atoms with Crippen LogP contribution in [0.5, 0.6) is 0 Å². The van der Waals surface area contributed by atoms with Crippen molar-refractivity contribution in [2.75, 3.05) is 11.9 Å². The third-order valence-electron chi connectivity index (χ3n) is 3.14. The molecule has 4 heteroatoms. The molecule has 0 radical (unpaired) electrons. The van der Waals surface area contributed by atoms with Crippen LogP contribution in [0.3, 0.4) is 0 Å². The van der Waals surface area contributed by atoms with Gasteiger partial charge in [-0.2, -0.15) is 0 Å². The van der Waals surface area contributed by atoms with Crippen molar-refractivity contribution in [3.63, 3.8) is 0 Å². The van der Waals surface area contributed by atoms with Crippen molar-refractivity contribution in [2.45, 2.75) is 32.1 Å². The SMILES string of the molecule is O=C(O)c1ccc(NCCC2=CCCCC2)cn1. The second-order valence-electron chi connectivity index (χ2n) is 4.52. The van der Waals surface area contributed by atoms with Gasteiger partial charge in [-0.25, -0.2) is 9.78 Å². The van der Waals surface area contributed by atoms with E-state index in [0.29, 0.717) is 0 Å². The largest absolute Gasteiger partial charge is 0.477 e. The van der Waals surface area contributed by atoms with Gasteiger partial charge in [0, 0.05) is 6.54 Å².